The third kappa shape index (κ3) is 2.32. The lowest BCUT2D eigenvalue weighted by Crippen LogP contribution is -2.56. The fourth-order valence-electron chi connectivity index (χ4n) is 3.44. The number of hydrogen-bond acceptors (Lipinski definition) is 2. The number of carbonyl (C=O) groups excluding carboxylic acids is 1. The first-order valence-corrected chi connectivity index (χ1v) is 7.65. The van der Waals surface area contributed by atoms with Crippen LogP contribution in [0.15, 0.2) is 18.2 Å². The molecule has 2 aliphatic rings. The van der Waals surface area contributed by atoms with Crippen LogP contribution in [-0.4, -0.2) is 11.9 Å². The normalized spacial score (nSPS) is 25.1. The highest BCUT2D eigenvalue weighted by Crippen LogP contribution is 2.49. The van der Waals surface area contributed by atoms with Gasteiger partial charge in [0.1, 0.15) is 23.5 Å². The monoisotopic (exact) mass is 296 g/mol. The Bertz CT molecular complexity index is 521. The van der Waals surface area contributed by atoms with Crippen molar-refractivity contribution in [1.82, 2.24) is 0 Å². The summed E-state index contributed by atoms with van der Waals surface area (Å²) in [6.45, 7) is 0. The molecule has 2 aliphatic carbocycles. The van der Waals surface area contributed by atoms with E-state index < -0.39 is 5.82 Å². The SMILES string of the molecule is O=C1CC(Oc2ccc(Cl)c(F)c2)C12CCCCCC2. The Kier molecular flexibility index (Phi) is 3.72. The Morgan fingerprint density at radius 2 is 1.90 bits per heavy atom. The van der Waals surface area contributed by atoms with Crippen LogP contribution in [-0.2, 0) is 4.79 Å². The Balaban J connectivity index is 1.76. The fourth-order valence-corrected chi connectivity index (χ4v) is 3.56. The standard InChI is InChI=1S/C16H18ClFO2/c17-12-6-5-11(9-13(12)18)20-15-10-14(19)16(15)7-3-1-2-4-8-16/h5-6,9,15H,1-4,7-8,10H2. The highest BCUT2D eigenvalue weighted by molar-refractivity contribution is 6.30. The zero-order chi connectivity index (χ0) is 14.2. The molecule has 0 aromatic heterocycles. The van der Waals surface area contributed by atoms with Crippen LogP contribution in [0.3, 0.4) is 0 Å². The van der Waals surface area contributed by atoms with Gasteiger partial charge in [0.15, 0.2) is 0 Å². The molecule has 0 amide bonds. The van der Waals surface area contributed by atoms with E-state index in [1.165, 1.54) is 25.0 Å². The van der Waals surface area contributed by atoms with Gasteiger partial charge in [-0.25, -0.2) is 4.39 Å². The molecule has 1 unspecified atom stereocenters. The van der Waals surface area contributed by atoms with Gasteiger partial charge in [-0.1, -0.05) is 37.3 Å². The number of rotatable bonds is 2. The Hall–Kier alpha value is -1.09. The van der Waals surface area contributed by atoms with Gasteiger partial charge in [0, 0.05) is 12.5 Å². The van der Waals surface area contributed by atoms with Crippen molar-refractivity contribution in [2.24, 2.45) is 5.41 Å². The van der Waals surface area contributed by atoms with E-state index in [2.05, 4.69) is 0 Å². The Labute approximate surface area is 123 Å². The van der Waals surface area contributed by atoms with E-state index >= 15 is 0 Å². The molecule has 0 heterocycles. The van der Waals surface area contributed by atoms with E-state index in [9.17, 15) is 9.18 Å². The third-order valence-electron chi connectivity index (χ3n) is 4.71. The van der Waals surface area contributed by atoms with Gasteiger partial charge in [0.25, 0.3) is 0 Å². The first-order chi connectivity index (χ1) is 9.62. The molecule has 108 valence electrons. The molecule has 0 saturated heterocycles. The molecule has 20 heavy (non-hydrogen) atoms. The van der Waals surface area contributed by atoms with E-state index in [1.54, 1.807) is 6.07 Å². The van der Waals surface area contributed by atoms with Crippen LogP contribution in [0.5, 0.6) is 5.75 Å². The first-order valence-electron chi connectivity index (χ1n) is 7.27. The predicted octanol–water partition coefficient (Wildman–Crippen LogP) is 4.54. The maximum absolute atomic E-state index is 13.4. The van der Waals surface area contributed by atoms with Gasteiger partial charge < -0.3 is 4.74 Å². The number of hydrogen-bond donors (Lipinski definition) is 0. The minimum atomic E-state index is -0.482. The molecule has 0 aliphatic heterocycles. The predicted molar refractivity (Wildman–Crippen MR) is 75.6 cm³/mol. The minimum Gasteiger partial charge on any atom is -0.489 e. The summed E-state index contributed by atoms with van der Waals surface area (Å²) in [6.07, 6.45) is 6.72. The van der Waals surface area contributed by atoms with Crippen LogP contribution < -0.4 is 4.74 Å². The smallest absolute Gasteiger partial charge is 0.146 e. The molecule has 0 radical (unpaired) electrons. The van der Waals surface area contributed by atoms with Gasteiger partial charge in [-0.2, -0.15) is 0 Å². The maximum atomic E-state index is 13.4. The summed E-state index contributed by atoms with van der Waals surface area (Å²) >= 11 is 5.67. The Morgan fingerprint density at radius 3 is 2.50 bits per heavy atom. The zero-order valence-electron chi connectivity index (χ0n) is 11.3. The molecule has 2 nitrogen and oxygen atoms in total. The minimum absolute atomic E-state index is 0.0891. The number of halogens is 2. The highest BCUT2D eigenvalue weighted by Gasteiger charge is 2.55. The summed E-state index contributed by atoms with van der Waals surface area (Å²) in [4.78, 5) is 12.1. The lowest BCUT2D eigenvalue weighted by Gasteiger charge is -2.47. The average Bonchev–Trinajstić information content (AvgIpc) is 2.70. The van der Waals surface area contributed by atoms with Gasteiger partial charge >= 0.3 is 0 Å². The van der Waals surface area contributed by atoms with Gasteiger partial charge in [0.2, 0.25) is 0 Å². The van der Waals surface area contributed by atoms with Crippen molar-refractivity contribution in [2.45, 2.75) is 51.0 Å². The molecule has 1 spiro atoms. The van der Waals surface area contributed by atoms with Crippen molar-refractivity contribution in [1.29, 1.82) is 0 Å². The second kappa shape index (κ2) is 5.36. The molecule has 1 aromatic rings. The van der Waals surface area contributed by atoms with Crippen LogP contribution in [0.1, 0.15) is 44.9 Å². The summed E-state index contributed by atoms with van der Waals surface area (Å²) in [6, 6.07) is 4.46. The lowest BCUT2D eigenvalue weighted by molar-refractivity contribution is -0.154. The van der Waals surface area contributed by atoms with Crippen LogP contribution in [0.4, 0.5) is 4.39 Å². The molecular formula is C16H18ClFO2. The topological polar surface area (TPSA) is 26.3 Å². The second-order valence-electron chi connectivity index (χ2n) is 5.88. The summed E-state index contributed by atoms with van der Waals surface area (Å²) in [7, 11) is 0. The maximum Gasteiger partial charge on any atom is 0.146 e. The first kappa shape index (κ1) is 13.9. The summed E-state index contributed by atoms with van der Waals surface area (Å²) in [5.74, 6) is 0.302. The van der Waals surface area contributed by atoms with Crippen LogP contribution >= 0.6 is 11.6 Å². The van der Waals surface area contributed by atoms with Crippen molar-refractivity contribution in [2.75, 3.05) is 0 Å². The molecule has 2 fully saturated rings. The zero-order valence-corrected chi connectivity index (χ0v) is 12.1. The van der Waals surface area contributed by atoms with E-state index in [4.69, 9.17) is 16.3 Å². The lowest BCUT2D eigenvalue weighted by atomic mass is 9.60. The van der Waals surface area contributed by atoms with E-state index in [0.29, 0.717) is 18.0 Å². The van der Waals surface area contributed by atoms with Gasteiger partial charge in [0.05, 0.1) is 10.4 Å². The van der Waals surface area contributed by atoms with Gasteiger partial charge in [-0.05, 0) is 25.0 Å². The number of ether oxygens (including phenoxy) is 1. The van der Waals surface area contributed by atoms with Crippen LogP contribution in [0.25, 0.3) is 0 Å². The van der Waals surface area contributed by atoms with Crippen LogP contribution in [0.2, 0.25) is 5.02 Å². The molecule has 0 bridgehead atoms. The van der Waals surface area contributed by atoms with Crippen molar-refractivity contribution in [3.8, 4) is 5.75 Å². The molecule has 1 atom stereocenters. The van der Waals surface area contributed by atoms with Crippen molar-refractivity contribution in [3.05, 3.63) is 29.0 Å². The molecule has 2 saturated carbocycles. The quantitative estimate of drug-likeness (QED) is 0.801. The van der Waals surface area contributed by atoms with Crippen molar-refractivity contribution < 1.29 is 13.9 Å². The number of Topliss-reactive ketones (excluding diaryl/α,β-unsaturated/α-hetero) is 1. The molecule has 1 aromatic carbocycles. The van der Waals surface area contributed by atoms with E-state index in [-0.39, 0.29) is 16.5 Å². The molecule has 4 heteroatoms. The molecule has 0 N–H and O–H groups in total. The van der Waals surface area contributed by atoms with Crippen LogP contribution in [0, 0.1) is 11.2 Å². The number of benzene rings is 1. The van der Waals surface area contributed by atoms with E-state index in [1.807, 2.05) is 0 Å². The van der Waals surface area contributed by atoms with Crippen molar-refractivity contribution >= 4 is 17.4 Å². The average molecular weight is 297 g/mol. The largest absolute Gasteiger partial charge is 0.489 e. The number of carbonyl (C=O) groups is 1. The second-order valence-corrected chi connectivity index (χ2v) is 6.29. The number of ketones is 1. The fraction of sp³-hybridized carbons (Fsp3) is 0.562. The van der Waals surface area contributed by atoms with E-state index in [0.717, 1.165) is 25.7 Å². The highest BCUT2D eigenvalue weighted by atomic mass is 35.5. The summed E-state index contributed by atoms with van der Waals surface area (Å²) < 4.78 is 19.3. The third-order valence-corrected chi connectivity index (χ3v) is 5.01. The molecular weight excluding hydrogens is 279 g/mol. The Morgan fingerprint density at radius 1 is 1.20 bits per heavy atom. The van der Waals surface area contributed by atoms with Gasteiger partial charge in [-0.3, -0.25) is 4.79 Å². The summed E-state index contributed by atoms with van der Waals surface area (Å²) in [5, 5.41) is 0.0891. The molecule has 3 rings (SSSR count). The van der Waals surface area contributed by atoms with Gasteiger partial charge in [-0.15, -0.1) is 0 Å². The summed E-state index contributed by atoms with van der Waals surface area (Å²) in [5.41, 5.74) is -0.313. The van der Waals surface area contributed by atoms with Crippen molar-refractivity contribution in [3.63, 3.8) is 0 Å².